The lowest BCUT2D eigenvalue weighted by Gasteiger charge is -2.17. The summed E-state index contributed by atoms with van der Waals surface area (Å²) in [7, 11) is 0. The number of hydrogen-bond acceptors (Lipinski definition) is 5. The molecule has 0 radical (unpaired) electrons. The van der Waals surface area contributed by atoms with Crippen molar-refractivity contribution < 1.29 is 23.8 Å². The van der Waals surface area contributed by atoms with Crippen molar-refractivity contribution in [3.63, 3.8) is 0 Å². The summed E-state index contributed by atoms with van der Waals surface area (Å²) in [6.07, 6.45) is -0.672. The highest BCUT2D eigenvalue weighted by Gasteiger charge is 2.40. The summed E-state index contributed by atoms with van der Waals surface area (Å²) in [6, 6.07) is 0. The third-order valence-corrected chi connectivity index (χ3v) is 2.39. The van der Waals surface area contributed by atoms with E-state index in [4.69, 9.17) is 14.2 Å². The maximum absolute atomic E-state index is 11.8. The first-order chi connectivity index (χ1) is 7.37. The SMILES string of the molecule is CCOC(=O)C(C)C(=O)C1COC(C)(C)O1. The Morgan fingerprint density at radius 2 is 2.12 bits per heavy atom. The van der Waals surface area contributed by atoms with Crippen molar-refractivity contribution in [2.75, 3.05) is 13.2 Å². The number of rotatable bonds is 4. The minimum atomic E-state index is -0.803. The van der Waals surface area contributed by atoms with Gasteiger partial charge in [-0.2, -0.15) is 0 Å². The van der Waals surface area contributed by atoms with E-state index in [-0.39, 0.29) is 19.0 Å². The summed E-state index contributed by atoms with van der Waals surface area (Å²) in [4.78, 5) is 23.2. The number of carbonyl (C=O) groups is 2. The number of carbonyl (C=O) groups excluding carboxylic acids is 2. The molecule has 5 heteroatoms. The molecule has 0 N–H and O–H groups in total. The Morgan fingerprint density at radius 3 is 2.56 bits per heavy atom. The molecule has 0 aromatic heterocycles. The standard InChI is InChI=1S/C11H18O5/c1-5-14-10(13)7(2)9(12)8-6-15-11(3,4)16-8/h7-8H,5-6H2,1-4H3. The Morgan fingerprint density at radius 1 is 1.50 bits per heavy atom. The van der Waals surface area contributed by atoms with Crippen molar-refractivity contribution in [2.24, 2.45) is 5.92 Å². The quantitative estimate of drug-likeness (QED) is 0.530. The van der Waals surface area contributed by atoms with Crippen molar-refractivity contribution in [1.29, 1.82) is 0 Å². The smallest absolute Gasteiger partial charge is 0.316 e. The molecular formula is C11H18O5. The first kappa shape index (κ1) is 13.1. The number of ether oxygens (including phenoxy) is 3. The van der Waals surface area contributed by atoms with Crippen LogP contribution in [0.1, 0.15) is 27.7 Å². The van der Waals surface area contributed by atoms with Gasteiger partial charge in [-0.25, -0.2) is 0 Å². The Kier molecular flexibility index (Phi) is 4.04. The Bertz CT molecular complexity index is 284. The number of Topliss-reactive ketones (excluding diaryl/α,β-unsaturated/α-hetero) is 1. The second-order valence-corrected chi connectivity index (χ2v) is 4.19. The van der Waals surface area contributed by atoms with E-state index >= 15 is 0 Å². The molecule has 1 fully saturated rings. The molecule has 5 nitrogen and oxygen atoms in total. The molecule has 1 heterocycles. The van der Waals surface area contributed by atoms with E-state index < -0.39 is 23.8 Å². The van der Waals surface area contributed by atoms with Gasteiger partial charge < -0.3 is 14.2 Å². The lowest BCUT2D eigenvalue weighted by Crippen LogP contribution is -2.35. The van der Waals surface area contributed by atoms with Gasteiger partial charge in [-0.15, -0.1) is 0 Å². The predicted molar refractivity (Wildman–Crippen MR) is 55.7 cm³/mol. The minimum Gasteiger partial charge on any atom is -0.465 e. The molecule has 1 saturated heterocycles. The molecule has 0 amide bonds. The van der Waals surface area contributed by atoms with Crippen LogP contribution in [0.15, 0.2) is 0 Å². The van der Waals surface area contributed by atoms with Gasteiger partial charge in [0.15, 0.2) is 11.6 Å². The van der Waals surface area contributed by atoms with Crippen LogP contribution in [0.4, 0.5) is 0 Å². The Balaban J connectivity index is 2.55. The molecule has 1 aliphatic rings. The molecule has 0 saturated carbocycles. The van der Waals surface area contributed by atoms with Gasteiger partial charge >= 0.3 is 5.97 Å². The topological polar surface area (TPSA) is 61.8 Å². The lowest BCUT2D eigenvalue weighted by molar-refractivity contribution is -0.161. The Hall–Kier alpha value is -0.940. The summed E-state index contributed by atoms with van der Waals surface area (Å²) >= 11 is 0. The molecule has 0 aliphatic carbocycles. The monoisotopic (exact) mass is 230 g/mol. The van der Waals surface area contributed by atoms with Gasteiger partial charge in [0.05, 0.1) is 13.2 Å². The average molecular weight is 230 g/mol. The van der Waals surface area contributed by atoms with Crippen molar-refractivity contribution in [2.45, 2.75) is 39.6 Å². The molecule has 0 aromatic carbocycles. The van der Waals surface area contributed by atoms with Crippen molar-refractivity contribution >= 4 is 11.8 Å². The van der Waals surface area contributed by atoms with E-state index in [2.05, 4.69) is 0 Å². The number of hydrogen-bond donors (Lipinski definition) is 0. The number of ketones is 1. The van der Waals surface area contributed by atoms with Crippen LogP contribution < -0.4 is 0 Å². The molecule has 92 valence electrons. The molecule has 2 unspecified atom stereocenters. The second-order valence-electron chi connectivity index (χ2n) is 4.19. The van der Waals surface area contributed by atoms with E-state index in [1.807, 2.05) is 0 Å². The van der Waals surface area contributed by atoms with Gasteiger partial charge in [0.25, 0.3) is 0 Å². The van der Waals surface area contributed by atoms with Crippen LogP contribution in [0.5, 0.6) is 0 Å². The van der Waals surface area contributed by atoms with Gasteiger partial charge in [-0.05, 0) is 27.7 Å². The third kappa shape index (κ3) is 3.02. The second kappa shape index (κ2) is 4.93. The maximum Gasteiger partial charge on any atom is 0.316 e. The van der Waals surface area contributed by atoms with E-state index in [0.29, 0.717) is 0 Å². The maximum atomic E-state index is 11.8. The van der Waals surface area contributed by atoms with Crippen molar-refractivity contribution in [3.05, 3.63) is 0 Å². The minimum absolute atomic E-state index is 0.190. The highest BCUT2D eigenvalue weighted by atomic mass is 16.7. The van der Waals surface area contributed by atoms with Gasteiger partial charge in [0.2, 0.25) is 0 Å². The van der Waals surface area contributed by atoms with Crippen LogP contribution in [0.25, 0.3) is 0 Å². The zero-order chi connectivity index (χ0) is 12.3. The molecule has 16 heavy (non-hydrogen) atoms. The van der Waals surface area contributed by atoms with E-state index in [0.717, 1.165) is 0 Å². The van der Waals surface area contributed by atoms with Crippen LogP contribution in [0.2, 0.25) is 0 Å². The normalized spacial score (nSPS) is 25.1. The van der Waals surface area contributed by atoms with Crippen LogP contribution in [0, 0.1) is 5.92 Å². The fourth-order valence-corrected chi connectivity index (χ4v) is 1.49. The van der Waals surface area contributed by atoms with Crippen LogP contribution >= 0.6 is 0 Å². The fraction of sp³-hybridized carbons (Fsp3) is 0.818. The first-order valence-corrected chi connectivity index (χ1v) is 5.39. The van der Waals surface area contributed by atoms with E-state index in [1.165, 1.54) is 6.92 Å². The van der Waals surface area contributed by atoms with Crippen molar-refractivity contribution in [3.8, 4) is 0 Å². The van der Waals surface area contributed by atoms with E-state index in [1.54, 1.807) is 20.8 Å². The first-order valence-electron chi connectivity index (χ1n) is 5.39. The van der Waals surface area contributed by atoms with Gasteiger partial charge in [-0.1, -0.05) is 0 Å². The van der Waals surface area contributed by atoms with Gasteiger partial charge in [-0.3, -0.25) is 9.59 Å². The Labute approximate surface area is 95.0 Å². The highest BCUT2D eigenvalue weighted by molar-refractivity contribution is 6.01. The molecular weight excluding hydrogens is 212 g/mol. The predicted octanol–water partition coefficient (Wildman–Crippen LogP) is 0.906. The van der Waals surface area contributed by atoms with Crippen LogP contribution in [-0.2, 0) is 23.8 Å². The average Bonchev–Trinajstić information content (AvgIpc) is 2.57. The number of esters is 1. The largest absolute Gasteiger partial charge is 0.465 e. The summed E-state index contributed by atoms with van der Waals surface area (Å²) in [6.45, 7) is 7.15. The lowest BCUT2D eigenvalue weighted by atomic mass is 10.0. The fourth-order valence-electron chi connectivity index (χ4n) is 1.49. The highest BCUT2D eigenvalue weighted by Crippen LogP contribution is 2.24. The summed E-state index contributed by atoms with van der Waals surface area (Å²) in [5.41, 5.74) is 0. The molecule has 0 spiro atoms. The van der Waals surface area contributed by atoms with Gasteiger partial charge in [0.1, 0.15) is 12.0 Å². The summed E-state index contributed by atoms with van der Waals surface area (Å²) in [5.74, 6) is -2.36. The molecule has 0 bridgehead atoms. The van der Waals surface area contributed by atoms with Crippen molar-refractivity contribution in [1.82, 2.24) is 0 Å². The summed E-state index contributed by atoms with van der Waals surface area (Å²) in [5, 5.41) is 0. The molecule has 0 aromatic rings. The van der Waals surface area contributed by atoms with E-state index in [9.17, 15) is 9.59 Å². The summed E-state index contributed by atoms with van der Waals surface area (Å²) < 4.78 is 15.4. The molecule has 1 aliphatic heterocycles. The molecule has 1 rings (SSSR count). The van der Waals surface area contributed by atoms with Crippen LogP contribution in [0.3, 0.4) is 0 Å². The zero-order valence-electron chi connectivity index (χ0n) is 10.1. The van der Waals surface area contributed by atoms with Crippen LogP contribution in [-0.4, -0.2) is 36.9 Å². The molecule has 2 atom stereocenters. The zero-order valence-corrected chi connectivity index (χ0v) is 10.1. The third-order valence-electron chi connectivity index (χ3n) is 2.39. The van der Waals surface area contributed by atoms with Gasteiger partial charge in [0, 0.05) is 0 Å².